The number of benzene rings is 2. The van der Waals surface area contributed by atoms with E-state index in [2.05, 4.69) is 5.32 Å². The second kappa shape index (κ2) is 6.76. The molecule has 0 unspecified atom stereocenters. The third-order valence-corrected chi connectivity index (χ3v) is 3.22. The van der Waals surface area contributed by atoms with Crippen LogP contribution in [-0.4, -0.2) is 23.6 Å². The molecular formula is C17H17NO4. The zero-order chi connectivity index (χ0) is 16.1. The van der Waals surface area contributed by atoms with Crippen molar-refractivity contribution in [1.29, 1.82) is 0 Å². The summed E-state index contributed by atoms with van der Waals surface area (Å²) in [5.41, 5.74) is 3.29. The molecule has 0 aliphatic heterocycles. The maximum absolute atomic E-state index is 12.2. The maximum Gasteiger partial charge on any atom is 0.341 e. The van der Waals surface area contributed by atoms with E-state index >= 15 is 0 Å². The molecule has 0 fully saturated rings. The summed E-state index contributed by atoms with van der Waals surface area (Å²) in [5.74, 6) is -0.886. The highest BCUT2D eigenvalue weighted by molar-refractivity contribution is 6.04. The first-order valence-corrected chi connectivity index (χ1v) is 6.79. The quantitative estimate of drug-likeness (QED) is 0.890. The number of nitrogens with one attached hydrogen (secondary N) is 1. The van der Waals surface area contributed by atoms with E-state index in [4.69, 9.17) is 9.84 Å². The SMILES string of the molecule is Cc1ccc(C(=O)Nc2cccc(OCC(=O)O)c2)cc1C. The van der Waals surface area contributed by atoms with Crippen LogP contribution in [0.5, 0.6) is 5.75 Å². The van der Waals surface area contributed by atoms with Crippen LogP contribution < -0.4 is 10.1 Å². The molecule has 0 saturated carbocycles. The third kappa shape index (κ3) is 4.09. The van der Waals surface area contributed by atoms with Crippen LogP contribution in [0.2, 0.25) is 0 Å². The fraction of sp³-hybridized carbons (Fsp3) is 0.176. The highest BCUT2D eigenvalue weighted by Crippen LogP contribution is 2.18. The number of aryl methyl sites for hydroxylation is 2. The van der Waals surface area contributed by atoms with Crippen LogP contribution in [0.15, 0.2) is 42.5 Å². The zero-order valence-corrected chi connectivity index (χ0v) is 12.4. The molecule has 114 valence electrons. The minimum atomic E-state index is -1.05. The molecule has 0 saturated heterocycles. The third-order valence-electron chi connectivity index (χ3n) is 3.22. The van der Waals surface area contributed by atoms with Crippen LogP contribution in [-0.2, 0) is 4.79 Å². The van der Waals surface area contributed by atoms with Gasteiger partial charge in [-0.05, 0) is 49.2 Å². The minimum absolute atomic E-state index is 0.224. The van der Waals surface area contributed by atoms with Crippen molar-refractivity contribution in [3.8, 4) is 5.75 Å². The van der Waals surface area contributed by atoms with Crippen LogP contribution in [0.1, 0.15) is 21.5 Å². The summed E-state index contributed by atoms with van der Waals surface area (Å²) in [7, 11) is 0. The summed E-state index contributed by atoms with van der Waals surface area (Å²) in [6.07, 6.45) is 0. The van der Waals surface area contributed by atoms with Crippen molar-refractivity contribution in [2.45, 2.75) is 13.8 Å². The Balaban J connectivity index is 2.09. The normalized spacial score (nSPS) is 10.1. The molecule has 2 rings (SSSR count). The molecule has 0 radical (unpaired) electrons. The van der Waals surface area contributed by atoms with E-state index < -0.39 is 12.6 Å². The number of amides is 1. The van der Waals surface area contributed by atoms with E-state index in [9.17, 15) is 9.59 Å². The lowest BCUT2D eigenvalue weighted by Gasteiger charge is -2.09. The lowest BCUT2D eigenvalue weighted by molar-refractivity contribution is -0.139. The Morgan fingerprint density at radius 3 is 2.55 bits per heavy atom. The summed E-state index contributed by atoms with van der Waals surface area (Å²) >= 11 is 0. The van der Waals surface area contributed by atoms with Gasteiger partial charge in [-0.2, -0.15) is 0 Å². The summed E-state index contributed by atoms with van der Waals surface area (Å²) in [5, 5.41) is 11.4. The molecule has 0 spiro atoms. The molecule has 0 aliphatic rings. The van der Waals surface area contributed by atoms with E-state index in [-0.39, 0.29) is 5.91 Å². The van der Waals surface area contributed by atoms with Gasteiger partial charge in [-0.25, -0.2) is 4.79 Å². The smallest absolute Gasteiger partial charge is 0.341 e. The molecule has 5 heteroatoms. The molecular weight excluding hydrogens is 282 g/mol. The highest BCUT2D eigenvalue weighted by Gasteiger charge is 2.08. The van der Waals surface area contributed by atoms with Crippen LogP contribution in [0.4, 0.5) is 5.69 Å². The number of aliphatic carboxylic acids is 1. The average molecular weight is 299 g/mol. The van der Waals surface area contributed by atoms with Gasteiger partial charge in [0, 0.05) is 17.3 Å². The van der Waals surface area contributed by atoms with E-state index in [1.54, 1.807) is 30.3 Å². The van der Waals surface area contributed by atoms with Crippen LogP contribution in [0, 0.1) is 13.8 Å². The Morgan fingerprint density at radius 1 is 1.09 bits per heavy atom. The van der Waals surface area contributed by atoms with Crippen LogP contribution in [0.25, 0.3) is 0 Å². The van der Waals surface area contributed by atoms with Gasteiger partial charge in [0.2, 0.25) is 0 Å². The number of carboxylic acids is 1. The molecule has 0 atom stereocenters. The first-order chi connectivity index (χ1) is 10.5. The van der Waals surface area contributed by atoms with Gasteiger partial charge >= 0.3 is 5.97 Å². The lowest BCUT2D eigenvalue weighted by Crippen LogP contribution is -2.13. The second-order valence-corrected chi connectivity index (χ2v) is 4.96. The Morgan fingerprint density at radius 2 is 1.86 bits per heavy atom. The van der Waals surface area contributed by atoms with Gasteiger partial charge in [0.25, 0.3) is 5.91 Å². The molecule has 2 aromatic rings. The molecule has 0 heterocycles. The van der Waals surface area contributed by atoms with Crippen LogP contribution >= 0.6 is 0 Å². The van der Waals surface area contributed by atoms with E-state index in [1.165, 1.54) is 0 Å². The minimum Gasteiger partial charge on any atom is -0.482 e. The van der Waals surface area contributed by atoms with Gasteiger partial charge in [-0.3, -0.25) is 4.79 Å². The Kier molecular flexibility index (Phi) is 4.78. The summed E-state index contributed by atoms with van der Waals surface area (Å²) in [6.45, 7) is 3.52. The number of carboxylic acid groups (broad SMARTS) is 1. The molecule has 0 aromatic heterocycles. The zero-order valence-electron chi connectivity index (χ0n) is 12.4. The molecule has 1 amide bonds. The van der Waals surface area contributed by atoms with Gasteiger partial charge in [0.05, 0.1) is 0 Å². The summed E-state index contributed by atoms with van der Waals surface area (Å²) < 4.78 is 5.08. The van der Waals surface area contributed by atoms with Crippen molar-refractivity contribution in [2.24, 2.45) is 0 Å². The van der Waals surface area contributed by atoms with Gasteiger partial charge in [-0.1, -0.05) is 12.1 Å². The predicted molar refractivity (Wildman–Crippen MR) is 83.4 cm³/mol. The molecule has 0 bridgehead atoms. The number of hydrogen-bond acceptors (Lipinski definition) is 3. The molecule has 0 aliphatic carbocycles. The van der Waals surface area contributed by atoms with Crippen molar-refractivity contribution < 1.29 is 19.4 Å². The number of anilines is 1. The highest BCUT2D eigenvalue weighted by atomic mass is 16.5. The first kappa shape index (κ1) is 15.6. The lowest BCUT2D eigenvalue weighted by atomic mass is 10.1. The standard InChI is InChI=1S/C17H17NO4/c1-11-6-7-13(8-12(11)2)17(21)18-14-4-3-5-15(9-14)22-10-16(19)20/h3-9H,10H2,1-2H3,(H,18,21)(H,19,20). The fourth-order valence-corrected chi connectivity index (χ4v) is 1.89. The van der Waals surface area contributed by atoms with Gasteiger partial charge < -0.3 is 15.2 Å². The topological polar surface area (TPSA) is 75.6 Å². The monoisotopic (exact) mass is 299 g/mol. The predicted octanol–water partition coefficient (Wildman–Crippen LogP) is 3.02. The van der Waals surface area contributed by atoms with Crippen LogP contribution in [0.3, 0.4) is 0 Å². The second-order valence-electron chi connectivity index (χ2n) is 4.96. The molecule has 22 heavy (non-hydrogen) atoms. The number of carbonyl (C=O) groups is 2. The summed E-state index contributed by atoms with van der Waals surface area (Å²) in [4.78, 5) is 22.7. The molecule has 5 nitrogen and oxygen atoms in total. The molecule has 2 aromatic carbocycles. The van der Waals surface area contributed by atoms with Crippen molar-refractivity contribution in [1.82, 2.24) is 0 Å². The largest absolute Gasteiger partial charge is 0.482 e. The van der Waals surface area contributed by atoms with Crippen molar-refractivity contribution in [3.63, 3.8) is 0 Å². The fourth-order valence-electron chi connectivity index (χ4n) is 1.89. The number of hydrogen-bond donors (Lipinski definition) is 2. The van der Waals surface area contributed by atoms with Crippen molar-refractivity contribution in [3.05, 3.63) is 59.2 Å². The number of ether oxygens (including phenoxy) is 1. The van der Waals surface area contributed by atoms with E-state index in [0.29, 0.717) is 17.0 Å². The van der Waals surface area contributed by atoms with E-state index in [0.717, 1.165) is 11.1 Å². The van der Waals surface area contributed by atoms with Gasteiger partial charge in [0.1, 0.15) is 5.75 Å². The summed E-state index contributed by atoms with van der Waals surface area (Å²) in [6, 6.07) is 12.1. The van der Waals surface area contributed by atoms with Gasteiger partial charge in [0.15, 0.2) is 6.61 Å². The van der Waals surface area contributed by atoms with E-state index in [1.807, 2.05) is 26.0 Å². The molecule has 2 N–H and O–H groups in total. The average Bonchev–Trinajstić information content (AvgIpc) is 2.48. The Hall–Kier alpha value is -2.82. The first-order valence-electron chi connectivity index (χ1n) is 6.79. The maximum atomic E-state index is 12.2. The Bertz CT molecular complexity index is 710. The van der Waals surface area contributed by atoms with Crippen molar-refractivity contribution >= 4 is 17.6 Å². The Labute approximate surface area is 128 Å². The van der Waals surface area contributed by atoms with Crippen molar-refractivity contribution in [2.75, 3.05) is 11.9 Å². The number of carbonyl (C=O) groups excluding carboxylic acids is 1. The van der Waals surface area contributed by atoms with Gasteiger partial charge in [-0.15, -0.1) is 0 Å². The number of rotatable bonds is 5.